The molecular weight excluding hydrogens is 307 g/mol. The molecule has 2 nitrogen and oxygen atoms in total. The van der Waals surface area contributed by atoms with Gasteiger partial charge in [0.15, 0.2) is 0 Å². The van der Waals surface area contributed by atoms with Gasteiger partial charge in [-0.05, 0) is 44.0 Å². The van der Waals surface area contributed by atoms with Crippen molar-refractivity contribution >= 4 is 54.4 Å². The number of aromatic nitrogens is 2. The topological polar surface area (TPSA) is 28.7 Å². The fourth-order valence-corrected chi connectivity index (χ4v) is 2.79. The van der Waals surface area contributed by atoms with Gasteiger partial charge < -0.3 is 0 Å². The second kappa shape index (κ2) is 3.01. The maximum absolute atomic E-state index is 5.83. The Labute approximate surface area is 90.5 Å². The molecule has 2 rings (SSSR count). The van der Waals surface area contributed by atoms with Gasteiger partial charge in [0.2, 0.25) is 0 Å². The Balaban J connectivity index is 2.93. The maximum Gasteiger partial charge on any atom is 0.109 e. The van der Waals surface area contributed by atoms with Crippen LogP contribution in [0.25, 0.3) is 10.9 Å². The van der Waals surface area contributed by atoms with Gasteiger partial charge in [0, 0.05) is 14.9 Å². The third kappa shape index (κ3) is 1.28. The third-order valence-corrected chi connectivity index (χ3v) is 2.95. The van der Waals surface area contributed by atoms with Gasteiger partial charge in [-0.25, -0.2) is 0 Å². The van der Waals surface area contributed by atoms with Crippen LogP contribution >= 0.6 is 43.5 Å². The molecule has 0 amide bonds. The molecule has 1 aromatic carbocycles. The number of halogens is 3. The van der Waals surface area contributed by atoms with Crippen LogP contribution in [0.5, 0.6) is 0 Å². The molecule has 0 atom stereocenters. The molecule has 0 aliphatic rings. The van der Waals surface area contributed by atoms with E-state index in [1.165, 1.54) is 0 Å². The van der Waals surface area contributed by atoms with Crippen LogP contribution < -0.4 is 0 Å². The molecule has 2 aromatic rings. The molecule has 1 heterocycles. The van der Waals surface area contributed by atoms with Crippen LogP contribution in [0.4, 0.5) is 0 Å². The number of nitrogens with zero attached hydrogens (tertiary/aromatic N) is 1. The minimum Gasteiger partial charge on any atom is -0.270 e. The monoisotopic (exact) mass is 308 g/mol. The molecular formula is C7H3Br2ClN2. The van der Waals surface area contributed by atoms with Crippen LogP contribution in [-0.2, 0) is 0 Å². The van der Waals surface area contributed by atoms with E-state index in [-0.39, 0.29) is 0 Å². The summed E-state index contributed by atoms with van der Waals surface area (Å²) in [5.41, 5.74) is 0.848. The van der Waals surface area contributed by atoms with E-state index in [1.807, 2.05) is 12.1 Å². The lowest BCUT2D eigenvalue weighted by Crippen LogP contribution is -1.71. The molecule has 0 fully saturated rings. The molecule has 12 heavy (non-hydrogen) atoms. The van der Waals surface area contributed by atoms with Crippen molar-refractivity contribution in [2.75, 3.05) is 0 Å². The smallest absolute Gasteiger partial charge is 0.109 e. The van der Waals surface area contributed by atoms with Crippen molar-refractivity contribution in [2.24, 2.45) is 0 Å². The highest BCUT2D eigenvalue weighted by Crippen LogP contribution is 2.31. The molecule has 0 radical (unpaired) electrons. The van der Waals surface area contributed by atoms with Gasteiger partial charge in [0.05, 0.1) is 5.52 Å². The average molecular weight is 310 g/mol. The minimum atomic E-state index is 0.674. The quantitative estimate of drug-likeness (QED) is 0.789. The molecule has 0 saturated carbocycles. The van der Waals surface area contributed by atoms with Crippen molar-refractivity contribution in [2.45, 2.75) is 0 Å². The largest absolute Gasteiger partial charge is 0.270 e. The van der Waals surface area contributed by atoms with E-state index in [0.717, 1.165) is 20.0 Å². The first kappa shape index (κ1) is 8.53. The highest BCUT2D eigenvalue weighted by atomic mass is 79.9. The lowest BCUT2D eigenvalue weighted by Gasteiger charge is -1.94. The Kier molecular flexibility index (Phi) is 2.14. The first-order valence-corrected chi connectivity index (χ1v) is 5.13. The molecule has 0 bridgehead atoms. The SMILES string of the molecule is Clc1cc(Br)c2c(Br)[nH]nc2c1. The van der Waals surface area contributed by atoms with E-state index in [0.29, 0.717) is 5.02 Å². The summed E-state index contributed by atoms with van der Waals surface area (Å²) in [6, 6.07) is 3.65. The fraction of sp³-hybridized carbons (Fsp3) is 0. The lowest BCUT2D eigenvalue weighted by atomic mass is 10.3. The van der Waals surface area contributed by atoms with E-state index >= 15 is 0 Å². The molecule has 0 aliphatic carbocycles. The highest BCUT2D eigenvalue weighted by Gasteiger charge is 2.07. The zero-order valence-electron chi connectivity index (χ0n) is 5.74. The van der Waals surface area contributed by atoms with Crippen LogP contribution in [0, 0.1) is 0 Å². The van der Waals surface area contributed by atoms with Gasteiger partial charge >= 0.3 is 0 Å². The van der Waals surface area contributed by atoms with Crippen LogP contribution in [0.3, 0.4) is 0 Å². The third-order valence-electron chi connectivity index (χ3n) is 1.53. The van der Waals surface area contributed by atoms with E-state index < -0.39 is 0 Å². The zero-order chi connectivity index (χ0) is 8.72. The van der Waals surface area contributed by atoms with Crippen molar-refractivity contribution in [3.63, 3.8) is 0 Å². The lowest BCUT2D eigenvalue weighted by molar-refractivity contribution is 1.10. The first-order chi connectivity index (χ1) is 5.68. The summed E-state index contributed by atoms with van der Waals surface area (Å²) in [5, 5.41) is 8.56. The van der Waals surface area contributed by atoms with Crippen molar-refractivity contribution in [3.05, 3.63) is 26.2 Å². The van der Waals surface area contributed by atoms with Gasteiger partial charge in [0.25, 0.3) is 0 Å². The molecule has 5 heteroatoms. The molecule has 1 N–H and O–H groups in total. The summed E-state index contributed by atoms with van der Waals surface area (Å²) in [6.07, 6.45) is 0. The van der Waals surface area contributed by atoms with Crippen molar-refractivity contribution in [1.82, 2.24) is 10.2 Å². The number of nitrogens with one attached hydrogen (secondary N) is 1. The van der Waals surface area contributed by atoms with E-state index in [2.05, 4.69) is 42.1 Å². The summed E-state index contributed by atoms with van der Waals surface area (Å²) < 4.78 is 1.80. The van der Waals surface area contributed by atoms with Gasteiger partial charge in [-0.15, -0.1) is 0 Å². The summed E-state index contributed by atoms with van der Waals surface area (Å²) in [6.45, 7) is 0. The zero-order valence-corrected chi connectivity index (χ0v) is 9.66. The van der Waals surface area contributed by atoms with Crippen LogP contribution in [0.1, 0.15) is 0 Å². The number of benzene rings is 1. The fourth-order valence-electron chi connectivity index (χ4n) is 1.03. The Morgan fingerprint density at radius 3 is 2.83 bits per heavy atom. The van der Waals surface area contributed by atoms with Crippen LogP contribution in [-0.4, -0.2) is 10.2 Å². The molecule has 0 aliphatic heterocycles. The number of aromatic amines is 1. The number of rotatable bonds is 0. The van der Waals surface area contributed by atoms with Gasteiger partial charge in [-0.3, -0.25) is 5.10 Å². The Bertz CT molecular complexity index is 438. The van der Waals surface area contributed by atoms with Gasteiger partial charge in [-0.2, -0.15) is 5.10 Å². The normalized spacial score (nSPS) is 10.9. The van der Waals surface area contributed by atoms with Crippen molar-refractivity contribution in [3.8, 4) is 0 Å². The number of fused-ring (bicyclic) bond motifs is 1. The average Bonchev–Trinajstić information content (AvgIpc) is 2.31. The summed E-state index contributed by atoms with van der Waals surface area (Å²) in [7, 11) is 0. The first-order valence-electron chi connectivity index (χ1n) is 3.17. The predicted molar refractivity (Wildman–Crippen MR) is 56.5 cm³/mol. The second-order valence-electron chi connectivity index (χ2n) is 2.32. The predicted octanol–water partition coefficient (Wildman–Crippen LogP) is 3.74. The number of hydrogen-bond acceptors (Lipinski definition) is 1. The van der Waals surface area contributed by atoms with Crippen LogP contribution in [0.2, 0.25) is 5.02 Å². The highest BCUT2D eigenvalue weighted by molar-refractivity contribution is 9.11. The van der Waals surface area contributed by atoms with Gasteiger partial charge in [0.1, 0.15) is 4.60 Å². The summed E-state index contributed by atoms with van der Waals surface area (Å²) in [4.78, 5) is 0. The van der Waals surface area contributed by atoms with Crippen LogP contribution in [0.15, 0.2) is 21.2 Å². The Morgan fingerprint density at radius 2 is 2.08 bits per heavy atom. The molecule has 0 spiro atoms. The van der Waals surface area contributed by atoms with Crippen molar-refractivity contribution < 1.29 is 0 Å². The second-order valence-corrected chi connectivity index (χ2v) is 4.40. The van der Waals surface area contributed by atoms with E-state index in [1.54, 1.807) is 0 Å². The molecule has 0 unspecified atom stereocenters. The molecule has 62 valence electrons. The molecule has 0 saturated heterocycles. The minimum absolute atomic E-state index is 0.674. The van der Waals surface area contributed by atoms with Gasteiger partial charge in [-0.1, -0.05) is 11.6 Å². The van der Waals surface area contributed by atoms with E-state index in [9.17, 15) is 0 Å². The Hall–Kier alpha value is -0.0600. The number of H-pyrrole nitrogens is 1. The standard InChI is InChI=1S/C7H3Br2ClN2/c8-4-1-3(10)2-5-6(4)7(9)12-11-5/h1-2H,(H,11,12). The Morgan fingerprint density at radius 1 is 1.33 bits per heavy atom. The summed E-state index contributed by atoms with van der Waals surface area (Å²) in [5.74, 6) is 0. The van der Waals surface area contributed by atoms with E-state index in [4.69, 9.17) is 11.6 Å². The molecule has 1 aromatic heterocycles. The number of hydrogen-bond donors (Lipinski definition) is 1. The summed E-state index contributed by atoms with van der Waals surface area (Å²) >= 11 is 12.6. The maximum atomic E-state index is 5.83. The van der Waals surface area contributed by atoms with Crippen molar-refractivity contribution in [1.29, 1.82) is 0 Å².